The van der Waals surface area contributed by atoms with E-state index in [2.05, 4.69) is 18.5 Å². The van der Waals surface area contributed by atoms with E-state index in [0.717, 1.165) is 30.4 Å². The summed E-state index contributed by atoms with van der Waals surface area (Å²) in [6.45, 7) is 8.19. The van der Waals surface area contributed by atoms with Crippen molar-refractivity contribution >= 4 is 23.4 Å². The number of hydrogen-bond acceptors (Lipinski definition) is 8. The van der Waals surface area contributed by atoms with Crippen LogP contribution in [0.15, 0.2) is 76.2 Å². The molecule has 1 aliphatic heterocycles. The highest BCUT2D eigenvalue weighted by Gasteiger charge is 2.33. The molecule has 210 valence electrons. The second-order valence-corrected chi connectivity index (χ2v) is 10.2. The Morgan fingerprint density at radius 2 is 1.88 bits per heavy atom. The van der Waals surface area contributed by atoms with E-state index in [-0.39, 0.29) is 12.2 Å². The van der Waals surface area contributed by atoms with E-state index in [1.54, 1.807) is 43.9 Å². The highest BCUT2D eigenvalue weighted by atomic mass is 32.1. The van der Waals surface area contributed by atoms with Crippen LogP contribution in [0.2, 0.25) is 0 Å². The molecule has 0 N–H and O–H groups in total. The minimum atomic E-state index is -0.713. The molecule has 0 radical (unpaired) electrons. The fourth-order valence-electron chi connectivity index (χ4n) is 4.48. The smallest absolute Gasteiger partial charge is 0.338 e. The van der Waals surface area contributed by atoms with Crippen LogP contribution >= 0.6 is 11.3 Å². The number of aromatic nitrogens is 1. The summed E-state index contributed by atoms with van der Waals surface area (Å²) >= 11 is 1.26. The number of carbonyl (C=O) groups is 1. The predicted octanol–water partition coefficient (Wildman–Crippen LogP) is 4.55. The van der Waals surface area contributed by atoms with Crippen molar-refractivity contribution in [2.24, 2.45) is 4.99 Å². The van der Waals surface area contributed by atoms with Crippen LogP contribution in [0.3, 0.4) is 0 Å². The third-order valence-corrected chi connectivity index (χ3v) is 7.48. The van der Waals surface area contributed by atoms with E-state index in [4.69, 9.17) is 18.9 Å². The predicted molar refractivity (Wildman–Crippen MR) is 156 cm³/mol. The van der Waals surface area contributed by atoms with Crippen molar-refractivity contribution < 1.29 is 23.7 Å². The Morgan fingerprint density at radius 3 is 2.55 bits per heavy atom. The van der Waals surface area contributed by atoms with Gasteiger partial charge in [0.15, 0.2) is 16.3 Å². The number of methoxy groups -OCH3 is 2. The molecule has 9 heteroatoms. The zero-order chi connectivity index (χ0) is 28.6. The van der Waals surface area contributed by atoms with E-state index in [1.165, 1.54) is 17.4 Å². The van der Waals surface area contributed by atoms with Crippen molar-refractivity contribution in [3.8, 4) is 17.2 Å². The van der Waals surface area contributed by atoms with Gasteiger partial charge in [0.2, 0.25) is 0 Å². The number of rotatable bonds is 12. The summed E-state index contributed by atoms with van der Waals surface area (Å²) in [6.07, 6.45) is 6.49. The first-order valence-electron chi connectivity index (χ1n) is 13.2. The Morgan fingerprint density at radius 1 is 1.10 bits per heavy atom. The van der Waals surface area contributed by atoms with E-state index in [1.807, 2.05) is 30.3 Å². The zero-order valence-corrected chi connectivity index (χ0v) is 24.1. The highest BCUT2D eigenvalue weighted by molar-refractivity contribution is 7.07. The molecule has 0 saturated heterocycles. The van der Waals surface area contributed by atoms with Gasteiger partial charge in [-0.3, -0.25) is 9.36 Å². The number of benzene rings is 2. The molecule has 8 nitrogen and oxygen atoms in total. The minimum Gasteiger partial charge on any atom is -0.497 e. The lowest BCUT2D eigenvalue weighted by Crippen LogP contribution is -2.39. The van der Waals surface area contributed by atoms with Crippen LogP contribution in [0.5, 0.6) is 17.2 Å². The molecule has 4 rings (SSSR count). The molecular weight excluding hydrogens is 528 g/mol. The summed E-state index contributed by atoms with van der Waals surface area (Å²) in [5.74, 6) is 1.38. The minimum absolute atomic E-state index is 0.0511. The number of carbonyl (C=O) groups excluding carboxylic acids is 1. The Balaban J connectivity index is 1.78. The summed E-state index contributed by atoms with van der Waals surface area (Å²) in [6, 6.07) is 12.1. The van der Waals surface area contributed by atoms with Gasteiger partial charge in [0.25, 0.3) is 5.56 Å². The largest absolute Gasteiger partial charge is 0.497 e. The summed E-state index contributed by atoms with van der Waals surface area (Å²) < 4.78 is 24.2. The SMILES string of the molecule is C=CCOC(=O)C1=C(C)N=c2s/c(=C/c3ccc(OCCCCC)c(OC)c3)c(=O)n2C1c1ccc(OC)cc1. The summed E-state index contributed by atoms with van der Waals surface area (Å²) in [5, 5.41) is 0. The lowest BCUT2D eigenvalue weighted by molar-refractivity contribution is -0.138. The number of unbranched alkanes of at least 4 members (excludes halogenated alkanes) is 2. The molecule has 0 saturated carbocycles. The molecule has 3 aromatic rings. The van der Waals surface area contributed by atoms with Gasteiger partial charge in [0, 0.05) is 0 Å². The third kappa shape index (κ3) is 6.20. The maximum Gasteiger partial charge on any atom is 0.338 e. The second-order valence-electron chi connectivity index (χ2n) is 9.21. The number of hydrogen-bond donors (Lipinski definition) is 0. The highest BCUT2D eigenvalue weighted by Crippen LogP contribution is 2.32. The van der Waals surface area contributed by atoms with Crippen molar-refractivity contribution in [2.75, 3.05) is 27.4 Å². The van der Waals surface area contributed by atoms with E-state index in [9.17, 15) is 9.59 Å². The maximum absolute atomic E-state index is 13.8. The molecule has 0 spiro atoms. The van der Waals surface area contributed by atoms with Crippen LogP contribution < -0.4 is 29.1 Å². The quantitative estimate of drug-likeness (QED) is 0.183. The number of fused-ring (bicyclic) bond motifs is 1. The number of ether oxygens (including phenoxy) is 4. The van der Waals surface area contributed by atoms with Crippen LogP contribution in [0.4, 0.5) is 0 Å². The molecular formula is C31H34N2O6S. The lowest BCUT2D eigenvalue weighted by atomic mass is 9.96. The summed E-state index contributed by atoms with van der Waals surface area (Å²) in [5.41, 5.74) is 2.06. The molecule has 0 amide bonds. The molecule has 1 unspecified atom stereocenters. The first kappa shape index (κ1) is 28.9. The Hall–Kier alpha value is -4.11. The van der Waals surface area contributed by atoms with Gasteiger partial charge in [-0.15, -0.1) is 0 Å². The fourth-order valence-corrected chi connectivity index (χ4v) is 5.52. The maximum atomic E-state index is 13.8. The summed E-state index contributed by atoms with van der Waals surface area (Å²) in [7, 11) is 3.18. The average molecular weight is 563 g/mol. The van der Waals surface area contributed by atoms with Crippen molar-refractivity contribution in [3.05, 3.63) is 97.2 Å². The third-order valence-electron chi connectivity index (χ3n) is 6.50. The normalized spacial score (nSPS) is 14.8. The van der Waals surface area contributed by atoms with Gasteiger partial charge in [0.05, 0.1) is 42.7 Å². The topological polar surface area (TPSA) is 88.4 Å². The first-order valence-corrected chi connectivity index (χ1v) is 14.0. The van der Waals surface area contributed by atoms with Crippen molar-refractivity contribution in [1.29, 1.82) is 0 Å². The average Bonchev–Trinajstić information content (AvgIpc) is 3.27. The molecule has 0 fully saturated rings. The lowest BCUT2D eigenvalue weighted by Gasteiger charge is -2.24. The number of allylic oxidation sites excluding steroid dienone is 1. The van der Waals surface area contributed by atoms with Gasteiger partial charge < -0.3 is 18.9 Å². The molecule has 1 aromatic heterocycles. The van der Waals surface area contributed by atoms with Crippen LogP contribution in [0.25, 0.3) is 6.08 Å². The Labute approximate surface area is 237 Å². The summed E-state index contributed by atoms with van der Waals surface area (Å²) in [4.78, 5) is 32.1. The zero-order valence-electron chi connectivity index (χ0n) is 23.3. The van der Waals surface area contributed by atoms with Gasteiger partial charge in [-0.05, 0) is 54.8 Å². The van der Waals surface area contributed by atoms with Crippen LogP contribution in [0.1, 0.15) is 50.3 Å². The molecule has 2 heterocycles. The molecule has 0 aliphatic carbocycles. The van der Waals surface area contributed by atoms with Crippen LogP contribution in [0, 0.1) is 0 Å². The second kappa shape index (κ2) is 13.3. The first-order chi connectivity index (χ1) is 19.4. The standard InChI is InChI=1S/C31H34N2O6S/c1-6-8-9-17-38-24-15-10-21(18-25(24)37-5)19-26-29(34)33-28(22-11-13-23(36-4)14-12-22)27(30(35)39-16-7-2)20(3)32-31(33)40-26/h7,10-15,18-19,28H,2,6,8-9,16-17H2,1,3-5H3/b26-19+. The van der Waals surface area contributed by atoms with E-state index < -0.39 is 12.0 Å². The van der Waals surface area contributed by atoms with Gasteiger partial charge in [0.1, 0.15) is 12.4 Å². The monoisotopic (exact) mass is 562 g/mol. The van der Waals surface area contributed by atoms with Crippen molar-refractivity contribution in [2.45, 2.75) is 39.2 Å². The number of thiazole rings is 1. The molecule has 2 aromatic carbocycles. The molecule has 1 aliphatic rings. The van der Waals surface area contributed by atoms with Crippen molar-refractivity contribution in [1.82, 2.24) is 4.57 Å². The molecule has 1 atom stereocenters. The fraction of sp³-hybridized carbons (Fsp3) is 0.323. The van der Waals surface area contributed by atoms with Crippen LogP contribution in [-0.2, 0) is 9.53 Å². The van der Waals surface area contributed by atoms with Gasteiger partial charge >= 0.3 is 5.97 Å². The van der Waals surface area contributed by atoms with Gasteiger partial charge in [-0.25, -0.2) is 9.79 Å². The van der Waals surface area contributed by atoms with Crippen LogP contribution in [-0.4, -0.2) is 38.0 Å². The molecule has 0 bridgehead atoms. The van der Waals surface area contributed by atoms with Gasteiger partial charge in [-0.2, -0.15) is 0 Å². The number of esters is 1. The Bertz CT molecular complexity index is 1580. The number of nitrogens with zero attached hydrogens (tertiary/aromatic N) is 2. The van der Waals surface area contributed by atoms with E-state index >= 15 is 0 Å². The van der Waals surface area contributed by atoms with E-state index in [0.29, 0.717) is 44.5 Å². The van der Waals surface area contributed by atoms with Crippen molar-refractivity contribution in [3.63, 3.8) is 0 Å². The van der Waals surface area contributed by atoms with Gasteiger partial charge in [-0.1, -0.05) is 62.0 Å². The molecule has 40 heavy (non-hydrogen) atoms. The Kier molecular flexibility index (Phi) is 9.60.